The standard InChI is InChI=1S/C19H19N3O6S2/c1-13-16(9-10-27-13)19(24)21-20-17(23)12-28-15-7-5-14(6-8-15)22(2)30(25,26)18-4-3-11-29-18/h3-11H,12H2,1-2H3,(H,20,23)(H,21,24). The van der Waals surface area contributed by atoms with E-state index in [1.54, 1.807) is 48.7 Å². The second-order valence-corrected chi connectivity index (χ2v) is 9.22. The van der Waals surface area contributed by atoms with Gasteiger partial charge in [-0.25, -0.2) is 8.42 Å². The first-order valence-corrected chi connectivity index (χ1v) is 11.0. The van der Waals surface area contributed by atoms with Gasteiger partial charge in [0, 0.05) is 7.05 Å². The van der Waals surface area contributed by atoms with Crippen LogP contribution in [0.2, 0.25) is 0 Å². The Labute approximate surface area is 177 Å². The van der Waals surface area contributed by atoms with Gasteiger partial charge >= 0.3 is 0 Å². The number of rotatable bonds is 7. The van der Waals surface area contributed by atoms with Gasteiger partial charge in [0.15, 0.2) is 6.61 Å². The molecule has 3 rings (SSSR count). The summed E-state index contributed by atoms with van der Waals surface area (Å²) < 4.78 is 36.9. The zero-order valence-corrected chi connectivity index (χ0v) is 17.7. The highest BCUT2D eigenvalue weighted by atomic mass is 32.2. The highest BCUT2D eigenvalue weighted by Crippen LogP contribution is 2.26. The number of amides is 2. The lowest BCUT2D eigenvalue weighted by atomic mass is 10.2. The monoisotopic (exact) mass is 449 g/mol. The highest BCUT2D eigenvalue weighted by molar-refractivity contribution is 7.94. The van der Waals surface area contributed by atoms with Crippen molar-refractivity contribution in [3.8, 4) is 5.75 Å². The van der Waals surface area contributed by atoms with Gasteiger partial charge in [0.05, 0.1) is 17.5 Å². The number of nitrogens with one attached hydrogen (secondary N) is 2. The number of hydrogen-bond acceptors (Lipinski definition) is 7. The summed E-state index contributed by atoms with van der Waals surface area (Å²) in [6, 6.07) is 11.0. The van der Waals surface area contributed by atoms with Crippen molar-refractivity contribution in [3.63, 3.8) is 0 Å². The van der Waals surface area contributed by atoms with Gasteiger partial charge in [0.1, 0.15) is 15.7 Å². The van der Waals surface area contributed by atoms with Gasteiger partial charge in [0.2, 0.25) is 0 Å². The number of anilines is 1. The average molecular weight is 450 g/mol. The zero-order valence-electron chi connectivity index (χ0n) is 16.1. The van der Waals surface area contributed by atoms with E-state index in [1.165, 1.54) is 23.7 Å². The topological polar surface area (TPSA) is 118 Å². The largest absolute Gasteiger partial charge is 0.484 e. The molecule has 9 nitrogen and oxygen atoms in total. The van der Waals surface area contributed by atoms with Crippen molar-refractivity contribution in [3.05, 3.63) is 65.4 Å². The molecule has 11 heteroatoms. The van der Waals surface area contributed by atoms with Crippen molar-refractivity contribution >= 4 is 38.9 Å². The molecule has 2 heterocycles. The zero-order chi connectivity index (χ0) is 21.7. The van der Waals surface area contributed by atoms with Crippen molar-refractivity contribution < 1.29 is 27.2 Å². The SMILES string of the molecule is Cc1occc1C(=O)NNC(=O)COc1ccc(N(C)S(=O)(=O)c2cccs2)cc1. The van der Waals surface area contributed by atoms with E-state index in [-0.39, 0.29) is 10.8 Å². The summed E-state index contributed by atoms with van der Waals surface area (Å²) in [5, 5.41) is 1.70. The molecule has 0 aliphatic heterocycles. The molecule has 0 bridgehead atoms. The first-order chi connectivity index (χ1) is 14.3. The molecule has 0 aliphatic carbocycles. The number of carbonyl (C=O) groups is 2. The van der Waals surface area contributed by atoms with Crippen molar-refractivity contribution in [2.75, 3.05) is 18.0 Å². The second kappa shape index (κ2) is 9.01. The highest BCUT2D eigenvalue weighted by Gasteiger charge is 2.22. The first-order valence-electron chi connectivity index (χ1n) is 8.67. The van der Waals surface area contributed by atoms with Crippen molar-refractivity contribution in [1.29, 1.82) is 0 Å². The molecule has 0 saturated carbocycles. The molecule has 2 aromatic heterocycles. The van der Waals surface area contributed by atoms with Crippen LogP contribution < -0.4 is 19.9 Å². The quantitative estimate of drug-likeness (QED) is 0.535. The van der Waals surface area contributed by atoms with E-state index in [2.05, 4.69) is 10.9 Å². The molecule has 1 aromatic carbocycles. The number of nitrogens with zero attached hydrogens (tertiary/aromatic N) is 1. The molecule has 2 amide bonds. The maximum Gasteiger partial charge on any atom is 0.276 e. The van der Waals surface area contributed by atoms with Gasteiger partial charge in [-0.2, -0.15) is 0 Å². The summed E-state index contributed by atoms with van der Waals surface area (Å²) >= 11 is 1.14. The predicted octanol–water partition coefficient (Wildman–Crippen LogP) is 2.31. The van der Waals surface area contributed by atoms with Crippen LogP contribution in [0.4, 0.5) is 5.69 Å². The Balaban J connectivity index is 1.51. The molecule has 3 aromatic rings. The summed E-state index contributed by atoms with van der Waals surface area (Å²) in [6.07, 6.45) is 1.38. The van der Waals surface area contributed by atoms with Crippen LogP contribution in [0.3, 0.4) is 0 Å². The van der Waals surface area contributed by atoms with Crippen molar-refractivity contribution in [1.82, 2.24) is 10.9 Å². The van der Waals surface area contributed by atoms with Gasteiger partial charge in [-0.15, -0.1) is 11.3 Å². The Morgan fingerprint density at radius 3 is 2.47 bits per heavy atom. The fourth-order valence-corrected chi connectivity index (χ4v) is 4.79. The number of hydrogen-bond donors (Lipinski definition) is 2. The molecule has 0 saturated heterocycles. The first kappa shape index (κ1) is 21.4. The number of thiophene rings is 1. The molecule has 0 radical (unpaired) electrons. The number of furan rings is 1. The number of benzene rings is 1. The van der Waals surface area contributed by atoms with Crippen LogP contribution in [-0.4, -0.2) is 33.9 Å². The fraction of sp³-hybridized carbons (Fsp3) is 0.158. The Morgan fingerprint density at radius 2 is 1.87 bits per heavy atom. The molecular weight excluding hydrogens is 430 g/mol. The molecule has 0 atom stereocenters. The van der Waals surface area contributed by atoms with E-state index in [0.717, 1.165) is 11.3 Å². The third-order valence-corrected chi connectivity index (χ3v) is 7.26. The third kappa shape index (κ3) is 4.81. The number of hydrazine groups is 1. The summed E-state index contributed by atoms with van der Waals surface area (Å²) in [6.45, 7) is 1.29. The molecule has 30 heavy (non-hydrogen) atoms. The molecular formula is C19H19N3O6S2. The van der Waals surface area contributed by atoms with E-state index in [9.17, 15) is 18.0 Å². The minimum atomic E-state index is -3.62. The maximum atomic E-state index is 12.5. The van der Waals surface area contributed by atoms with E-state index in [0.29, 0.717) is 22.8 Å². The van der Waals surface area contributed by atoms with Crippen LogP contribution in [0, 0.1) is 6.92 Å². The van der Waals surface area contributed by atoms with E-state index < -0.39 is 21.8 Å². The molecule has 0 fully saturated rings. The normalized spacial score (nSPS) is 11.0. The maximum absolute atomic E-state index is 12.5. The Morgan fingerprint density at radius 1 is 1.13 bits per heavy atom. The second-order valence-electron chi connectivity index (χ2n) is 6.08. The fourth-order valence-electron chi connectivity index (χ4n) is 2.44. The Hall–Kier alpha value is -3.31. The van der Waals surface area contributed by atoms with Gasteiger partial charge in [-0.1, -0.05) is 6.07 Å². The van der Waals surface area contributed by atoms with Crippen molar-refractivity contribution in [2.45, 2.75) is 11.1 Å². The van der Waals surface area contributed by atoms with E-state index >= 15 is 0 Å². The number of aryl methyl sites for hydroxylation is 1. The average Bonchev–Trinajstić information content (AvgIpc) is 3.42. The van der Waals surface area contributed by atoms with E-state index in [4.69, 9.17) is 9.15 Å². The van der Waals surface area contributed by atoms with Crippen LogP contribution in [0.5, 0.6) is 5.75 Å². The molecule has 0 aliphatic rings. The summed E-state index contributed by atoms with van der Waals surface area (Å²) in [5.74, 6) is -0.267. The Kier molecular flexibility index (Phi) is 6.43. The molecule has 2 N–H and O–H groups in total. The minimum Gasteiger partial charge on any atom is -0.484 e. The molecule has 0 spiro atoms. The van der Waals surface area contributed by atoms with Crippen molar-refractivity contribution in [2.24, 2.45) is 0 Å². The lowest BCUT2D eigenvalue weighted by Gasteiger charge is -2.18. The third-order valence-electron chi connectivity index (χ3n) is 4.10. The number of ether oxygens (including phenoxy) is 1. The van der Waals surface area contributed by atoms with Gasteiger partial charge in [-0.05, 0) is 48.7 Å². The van der Waals surface area contributed by atoms with Crippen LogP contribution in [-0.2, 0) is 14.8 Å². The smallest absolute Gasteiger partial charge is 0.276 e. The number of carbonyl (C=O) groups excluding carboxylic acids is 2. The summed E-state index contributed by atoms with van der Waals surface area (Å²) in [4.78, 5) is 23.7. The molecule has 0 unspecified atom stereocenters. The van der Waals surface area contributed by atoms with Gasteiger partial charge in [0.25, 0.3) is 21.8 Å². The Bertz CT molecular complexity index is 1120. The van der Waals surface area contributed by atoms with Crippen LogP contribution in [0.25, 0.3) is 0 Å². The van der Waals surface area contributed by atoms with Gasteiger partial charge < -0.3 is 9.15 Å². The minimum absolute atomic E-state index is 0.245. The van der Waals surface area contributed by atoms with Crippen LogP contribution in [0.1, 0.15) is 16.1 Å². The van der Waals surface area contributed by atoms with Crippen LogP contribution in [0.15, 0.2) is 62.7 Å². The lowest BCUT2D eigenvalue weighted by Crippen LogP contribution is -2.43. The lowest BCUT2D eigenvalue weighted by molar-refractivity contribution is -0.123. The van der Waals surface area contributed by atoms with Crippen LogP contribution >= 0.6 is 11.3 Å². The van der Waals surface area contributed by atoms with E-state index in [1.807, 2.05) is 0 Å². The molecule has 158 valence electrons. The van der Waals surface area contributed by atoms with Gasteiger partial charge in [-0.3, -0.25) is 24.7 Å². The summed E-state index contributed by atoms with van der Waals surface area (Å²) in [5.41, 5.74) is 5.27. The predicted molar refractivity (Wildman–Crippen MR) is 111 cm³/mol. The number of sulfonamides is 1. The summed E-state index contributed by atoms with van der Waals surface area (Å²) in [7, 11) is -2.16.